The molecule has 1 aromatic heterocycles. The minimum atomic E-state index is 0. The molecule has 126 valence electrons. The molecule has 22 heavy (non-hydrogen) atoms. The van der Waals surface area contributed by atoms with E-state index in [0.29, 0.717) is 5.41 Å². The van der Waals surface area contributed by atoms with Gasteiger partial charge >= 0.3 is 0 Å². The second-order valence-electron chi connectivity index (χ2n) is 5.82. The van der Waals surface area contributed by atoms with Crippen molar-refractivity contribution in [2.75, 3.05) is 27.3 Å². The Balaban J connectivity index is 0.00000242. The summed E-state index contributed by atoms with van der Waals surface area (Å²) in [4.78, 5) is 4.29. The summed E-state index contributed by atoms with van der Waals surface area (Å²) in [6.07, 6.45) is 6.81. The second kappa shape index (κ2) is 9.34. The van der Waals surface area contributed by atoms with Crippen LogP contribution in [0.15, 0.2) is 17.3 Å². The normalized spacial score (nSPS) is 16.6. The Bertz CT molecular complexity index is 470. The van der Waals surface area contributed by atoms with Gasteiger partial charge in [-0.05, 0) is 30.7 Å². The lowest BCUT2D eigenvalue weighted by molar-refractivity contribution is 0.0732. The van der Waals surface area contributed by atoms with Gasteiger partial charge in [0.25, 0.3) is 0 Å². The third-order valence-corrected chi connectivity index (χ3v) is 4.46. The van der Waals surface area contributed by atoms with E-state index >= 15 is 0 Å². The minimum absolute atomic E-state index is 0. The van der Waals surface area contributed by atoms with Crippen molar-refractivity contribution in [2.45, 2.75) is 32.2 Å². The van der Waals surface area contributed by atoms with Crippen molar-refractivity contribution < 1.29 is 4.74 Å². The van der Waals surface area contributed by atoms with E-state index in [-0.39, 0.29) is 24.0 Å². The molecule has 1 saturated carbocycles. The predicted molar refractivity (Wildman–Crippen MR) is 99.6 cm³/mol. The van der Waals surface area contributed by atoms with Gasteiger partial charge in [-0.1, -0.05) is 6.42 Å². The van der Waals surface area contributed by atoms with E-state index in [1.165, 1.54) is 19.3 Å². The molecule has 1 heterocycles. The molecule has 0 amide bonds. The molecule has 0 aromatic carbocycles. The SMILES string of the molecule is CN=C(NCc1ccnn1C)NCC1(CCOC)CCC1.I. The van der Waals surface area contributed by atoms with Crippen LogP contribution in [0.25, 0.3) is 0 Å². The van der Waals surface area contributed by atoms with Gasteiger partial charge < -0.3 is 15.4 Å². The standard InChI is InChI=1S/C15H27N5O.HI/c1-16-14(17-11-13-5-9-19-20(13)2)18-12-15(6-4-7-15)8-10-21-3;/h5,9H,4,6-8,10-12H2,1-3H3,(H2,16,17,18);1H. The Morgan fingerprint density at radius 3 is 2.73 bits per heavy atom. The molecule has 2 N–H and O–H groups in total. The molecule has 0 radical (unpaired) electrons. The van der Waals surface area contributed by atoms with E-state index in [0.717, 1.165) is 37.8 Å². The summed E-state index contributed by atoms with van der Waals surface area (Å²) in [5.74, 6) is 0.847. The van der Waals surface area contributed by atoms with Crippen LogP contribution >= 0.6 is 24.0 Å². The van der Waals surface area contributed by atoms with E-state index in [1.807, 2.05) is 17.8 Å². The van der Waals surface area contributed by atoms with E-state index in [2.05, 4.69) is 20.7 Å². The molecule has 0 atom stereocenters. The van der Waals surface area contributed by atoms with Crippen LogP contribution in [0, 0.1) is 5.41 Å². The molecule has 7 heteroatoms. The average Bonchev–Trinajstić information content (AvgIpc) is 2.86. The molecule has 1 aromatic rings. The Morgan fingerprint density at radius 2 is 2.23 bits per heavy atom. The highest BCUT2D eigenvalue weighted by Crippen LogP contribution is 2.43. The molecule has 1 aliphatic rings. The maximum absolute atomic E-state index is 5.23. The van der Waals surface area contributed by atoms with Crippen LogP contribution in [0.2, 0.25) is 0 Å². The van der Waals surface area contributed by atoms with E-state index in [9.17, 15) is 0 Å². The highest BCUT2D eigenvalue weighted by Gasteiger charge is 2.36. The lowest BCUT2D eigenvalue weighted by Gasteiger charge is -2.42. The number of halogens is 1. The molecule has 0 spiro atoms. The number of nitrogens with zero attached hydrogens (tertiary/aromatic N) is 3. The molecule has 1 aliphatic carbocycles. The maximum Gasteiger partial charge on any atom is 0.191 e. The number of aliphatic imine (C=N–C) groups is 1. The lowest BCUT2D eigenvalue weighted by Crippen LogP contribution is -2.46. The van der Waals surface area contributed by atoms with Crippen molar-refractivity contribution in [3.05, 3.63) is 18.0 Å². The first-order valence-electron chi connectivity index (χ1n) is 7.59. The number of guanidine groups is 1. The molecule has 6 nitrogen and oxygen atoms in total. The van der Waals surface area contributed by atoms with E-state index < -0.39 is 0 Å². The number of ether oxygens (including phenoxy) is 1. The molecule has 0 aliphatic heterocycles. The molecule has 2 rings (SSSR count). The molecular formula is C15H28IN5O. The largest absolute Gasteiger partial charge is 0.385 e. The summed E-state index contributed by atoms with van der Waals surface area (Å²) < 4.78 is 7.10. The number of hydrogen-bond donors (Lipinski definition) is 2. The zero-order chi connectivity index (χ0) is 15.1. The first-order chi connectivity index (χ1) is 10.2. The third kappa shape index (κ3) is 5.12. The Labute approximate surface area is 150 Å². The Kier molecular flexibility index (Phi) is 8.16. The number of aryl methyl sites for hydroxylation is 1. The zero-order valence-corrected chi connectivity index (χ0v) is 16.1. The van der Waals surface area contributed by atoms with Crippen LogP contribution in [0.3, 0.4) is 0 Å². The number of rotatable bonds is 7. The van der Waals surface area contributed by atoms with Gasteiger partial charge in [0, 0.05) is 40.6 Å². The molecule has 0 saturated heterocycles. The number of methoxy groups -OCH3 is 1. The number of hydrogen-bond acceptors (Lipinski definition) is 3. The van der Waals surface area contributed by atoms with E-state index in [1.54, 1.807) is 20.4 Å². The third-order valence-electron chi connectivity index (χ3n) is 4.46. The predicted octanol–water partition coefficient (Wildman–Crippen LogP) is 1.91. The Hall–Kier alpha value is -0.830. The van der Waals surface area contributed by atoms with Crippen LogP contribution in [-0.4, -0.2) is 43.0 Å². The minimum Gasteiger partial charge on any atom is -0.385 e. The van der Waals surface area contributed by atoms with Crippen molar-refractivity contribution in [2.24, 2.45) is 17.5 Å². The molecule has 0 bridgehead atoms. The maximum atomic E-state index is 5.23. The Morgan fingerprint density at radius 1 is 1.45 bits per heavy atom. The van der Waals surface area contributed by atoms with Crippen LogP contribution in [0.5, 0.6) is 0 Å². The first-order valence-corrected chi connectivity index (χ1v) is 7.59. The van der Waals surface area contributed by atoms with Gasteiger partial charge in [0.05, 0.1) is 12.2 Å². The fraction of sp³-hybridized carbons (Fsp3) is 0.733. The van der Waals surface area contributed by atoms with E-state index in [4.69, 9.17) is 4.74 Å². The number of aromatic nitrogens is 2. The first kappa shape index (κ1) is 19.2. The van der Waals surface area contributed by atoms with Gasteiger partial charge in [0.15, 0.2) is 5.96 Å². The van der Waals surface area contributed by atoms with Gasteiger partial charge in [0.1, 0.15) is 0 Å². The smallest absolute Gasteiger partial charge is 0.191 e. The molecule has 1 fully saturated rings. The van der Waals surface area contributed by atoms with Gasteiger partial charge in [-0.3, -0.25) is 9.67 Å². The van der Waals surface area contributed by atoms with Crippen molar-refractivity contribution in [1.82, 2.24) is 20.4 Å². The summed E-state index contributed by atoms with van der Waals surface area (Å²) in [6, 6.07) is 2.01. The van der Waals surface area contributed by atoms with Crippen LogP contribution in [-0.2, 0) is 18.3 Å². The quantitative estimate of drug-likeness (QED) is 0.401. The summed E-state index contributed by atoms with van der Waals surface area (Å²) >= 11 is 0. The zero-order valence-electron chi connectivity index (χ0n) is 13.8. The van der Waals surface area contributed by atoms with Crippen molar-refractivity contribution in [1.29, 1.82) is 0 Å². The molecule has 0 unspecified atom stereocenters. The summed E-state index contributed by atoms with van der Waals surface area (Å²) in [5.41, 5.74) is 1.52. The summed E-state index contributed by atoms with van der Waals surface area (Å²) in [7, 11) is 5.52. The van der Waals surface area contributed by atoms with Gasteiger partial charge in [-0.25, -0.2) is 0 Å². The van der Waals surface area contributed by atoms with Gasteiger partial charge in [-0.2, -0.15) is 5.10 Å². The fourth-order valence-corrected chi connectivity index (χ4v) is 2.75. The highest BCUT2D eigenvalue weighted by atomic mass is 127. The van der Waals surface area contributed by atoms with Crippen LogP contribution < -0.4 is 10.6 Å². The number of nitrogens with one attached hydrogen (secondary N) is 2. The lowest BCUT2D eigenvalue weighted by atomic mass is 9.67. The van der Waals surface area contributed by atoms with Crippen molar-refractivity contribution >= 4 is 29.9 Å². The monoisotopic (exact) mass is 421 g/mol. The second-order valence-corrected chi connectivity index (χ2v) is 5.82. The van der Waals surface area contributed by atoms with Gasteiger partial charge in [0.2, 0.25) is 0 Å². The fourth-order valence-electron chi connectivity index (χ4n) is 2.75. The molecular weight excluding hydrogens is 393 g/mol. The van der Waals surface area contributed by atoms with Gasteiger partial charge in [-0.15, -0.1) is 24.0 Å². The average molecular weight is 421 g/mol. The van der Waals surface area contributed by atoms with Crippen LogP contribution in [0.1, 0.15) is 31.4 Å². The van der Waals surface area contributed by atoms with Crippen molar-refractivity contribution in [3.8, 4) is 0 Å². The highest BCUT2D eigenvalue weighted by molar-refractivity contribution is 14.0. The topological polar surface area (TPSA) is 63.5 Å². The van der Waals surface area contributed by atoms with Crippen molar-refractivity contribution in [3.63, 3.8) is 0 Å². The van der Waals surface area contributed by atoms with Crippen LogP contribution in [0.4, 0.5) is 0 Å². The summed E-state index contributed by atoms with van der Waals surface area (Å²) in [5, 5.41) is 11.0. The summed E-state index contributed by atoms with van der Waals surface area (Å²) in [6.45, 7) is 2.52.